The molecule has 1 aromatic rings. The molecule has 0 bridgehead atoms. The second-order valence-electron chi connectivity index (χ2n) is 7.11. The summed E-state index contributed by atoms with van der Waals surface area (Å²) in [7, 11) is -3.39. The number of carbonyl (C=O) groups is 1. The lowest BCUT2D eigenvalue weighted by atomic mass is 9.92. The van der Waals surface area contributed by atoms with Crippen LogP contribution in [0, 0.1) is 5.92 Å². The fourth-order valence-corrected chi connectivity index (χ4v) is 6.59. The summed E-state index contributed by atoms with van der Waals surface area (Å²) in [5.41, 5.74) is 5.99. The van der Waals surface area contributed by atoms with E-state index in [1.807, 2.05) is 11.8 Å². The third-order valence-corrected chi connectivity index (χ3v) is 8.63. The van der Waals surface area contributed by atoms with Gasteiger partial charge in [-0.3, -0.25) is 4.79 Å². The first-order chi connectivity index (χ1) is 11.9. The fraction of sp³-hybridized carbons (Fsp3) is 0.706. The third-order valence-electron chi connectivity index (χ3n) is 5.18. The molecule has 0 saturated carbocycles. The largest absolute Gasteiger partial charge is 0.342 e. The number of sulfonamides is 1. The molecule has 2 saturated heterocycles. The highest BCUT2D eigenvalue weighted by atomic mass is 35.5. The quantitative estimate of drug-likeness (QED) is 0.788. The number of thiophene rings is 1. The summed E-state index contributed by atoms with van der Waals surface area (Å²) in [4.78, 5) is 15.3. The van der Waals surface area contributed by atoms with E-state index in [9.17, 15) is 13.2 Å². The van der Waals surface area contributed by atoms with Crippen LogP contribution in [0.25, 0.3) is 0 Å². The van der Waals surface area contributed by atoms with Crippen LogP contribution in [0.15, 0.2) is 16.3 Å². The van der Waals surface area contributed by atoms with E-state index < -0.39 is 10.0 Å². The highest BCUT2D eigenvalue weighted by Gasteiger charge is 2.29. The predicted molar refractivity (Wildman–Crippen MR) is 106 cm³/mol. The lowest BCUT2D eigenvalue weighted by molar-refractivity contribution is -0.132. The van der Waals surface area contributed by atoms with Gasteiger partial charge in [0, 0.05) is 37.1 Å². The van der Waals surface area contributed by atoms with Crippen molar-refractivity contribution >= 4 is 39.7 Å². The Morgan fingerprint density at radius 2 is 1.96 bits per heavy atom. The number of nitrogens with zero attached hydrogens (tertiary/aromatic N) is 2. The minimum Gasteiger partial charge on any atom is -0.342 e. The molecular weight excluding hydrogens is 394 g/mol. The van der Waals surface area contributed by atoms with Gasteiger partial charge >= 0.3 is 0 Å². The zero-order valence-corrected chi connectivity index (χ0v) is 17.5. The number of nitrogens with two attached hydrogens (primary N) is 1. The fourth-order valence-electron chi connectivity index (χ4n) is 3.57. The highest BCUT2D eigenvalue weighted by Crippen LogP contribution is 2.28. The summed E-state index contributed by atoms with van der Waals surface area (Å²) in [5, 5.41) is 0. The lowest BCUT2D eigenvalue weighted by Crippen LogP contribution is -2.45. The Balaban J connectivity index is 0.00000243. The maximum absolute atomic E-state index is 12.6. The number of carbonyl (C=O) groups excluding carboxylic acids is 1. The summed E-state index contributed by atoms with van der Waals surface area (Å²) in [6, 6.07) is 3.51. The molecule has 148 valence electrons. The highest BCUT2D eigenvalue weighted by molar-refractivity contribution is 7.91. The maximum Gasteiger partial charge on any atom is 0.252 e. The van der Waals surface area contributed by atoms with Crippen LogP contribution in [-0.2, 0) is 21.2 Å². The van der Waals surface area contributed by atoms with Crippen molar-refractivity contribution in [2.45, 2.75) is 49.3 Å². The second-order valence-corrected chi connectivity index (χ2v) is 10.4. The van der Waals surface area contributed by atoms with Crippen LogP contribution < -0.4 is 5.73 Å². The topological polar surface area (TPSA) is 83.7 Å². The Morgan fingerprint density at radius 3 is 2.62 bits per heavy atom. The van der Waals surface area contributed by atoms with Crippen molar-refractivity contribution in [1.29, 1.82) is 0 Å². The van der Waals surface area contributed by atoms with Gasteiger partial charge in [-0.05, 0) is 50.7 Å². The van der Waals surface area contributed by atoms with Crippen LogP contribution in [-0.4, -0.2) is 55.8 Å². The second kappa shape index (κ2) is 9.01. The Hall–Kier alpha value is -0.670. The Bertz CT molecular complexity index is 715. The van der Waals surface area contributed by atoms with Crippen LogP contribution in [0.3, 0.4) is 0 Å². The van der Waals surface area contributed by atoms with E-state index in [1.165, 1.54) is 11.3 Å². The van der Waals surface area contributed by atoms with E-state index in [-0.39, 0.29) is 30.8 Å². The maximum atomic E-state index is 12.6. The number of hydrogen-bond acceptors (Lipinski definition) is 5. The zero-order valence-electron chi connectivity index (χ0n) is 15.1. The van der Waals surface area contributed by atoms with Gasteiger partial charge in [0.15, 0.2) is 0 Å². The van der Waals surface area contributed by atoms with Crippen LogP contribution in [0.2, 0.25) is 0 Å². The summed E-state index contributed by atoms with van der Waals surface area (Å²) in [6.45, 7) is 4.67. The molecule has 2 aliphatic rings. The Kier molecular flexibility index (Phi) is 7.50. The number of amides is 1. The molecule has 2 fully saturated rings. The average Bonchev–Trinajstić information content (AvgIpc) is 3.27. The van der Waals surface area contributed by atoms with E-state index in [4.69, 9.17) is 5.73 Å². The van der Waals surface area contributed by atoms with Gasteiger partial charge in [-0.1, -0.05) is 0 Å². The number of rotatable bonds is 5. The normalized spacial score (nSPS) is 22.8. The van der Waals surface area contributed by atoms with Crippen molar-refractivity contribution in [3.63, 3.8) is 0 Å². The van der Waals surface area contributed by atoms with Crippen molar-refractivity contribution in [2.24, 2.45) is 11.7 Å². The van der Waals surface area contributed by atoms with E-state index in [1.54, 1.807) is 16.4 Å². The molecule has 2 atom stereocenters. The Labute approximate surface area is 166 Å². The van der Waals surface area contributed by atoms with Gasteiger partial charge in [-0.2, -0.15) is 4.31 Å². The van der Waals surface area contributed by atoms with Crippen LogP contribution in [0.1, 0.15) is 37.5 Å². The monoisotopic (exact) mass is 421 g/mol. The van der Waals surface area contributed by atoms with Crippen molar-refractivity contribution < 1.29 is 13.2 Å². The molecule has 1 amide bonds. The first kappa shape index (κ1) is 21.6. The van der Waals surface area contributed by atoms with Crippen molar-refractivity contribution in [1.82, 2.24) is 9.21 Å². The first-order valence-electron chi connectivity index (χ1n) is 9.00. The zero-order chi connectivity index (χ0) is 18.0. The van der Waals surface area contributed by atoms with Crippen molar-refractivity contribution in [2.75, 3.05) is 26.2 Å². The van der Waals surface area contributed by atoms with E-state index in [2.05, 4.69) is 0 Å². The smallest absolute Gasteiger partial charge is 0.252 e. The van der Waals surface area contributed by atoms with Crippen LogP contribution in [0.5, 0.6) is 0 Å². The minimum atomic E-state index is -3.39. The lowest BCUT2D eigenvalue weighted by Gasteiger charge is -2.34. The molecule has 2 aliphatic heterocycles. The number of likely N-dealkylation sites (tertiary alicyclic amines) is 1. The van der Waals surface area contributed by atoms with Gasteiger partial charge in [0.05, 0.1) is 6.42 Å². The van der Waals surface area contributed by atoms with Gasteiger partial charge in [0.1, 0.15) is 4.21 Å². The standard InChI is InChI=1S/C17H27N3O3S2.ClH/c1-13(18)14-5-4-8-19(12-14)16(21)11-15-6-7-17(24-15)25(22,23)20-9-2-3-10-20;/h6-7,13-14H,2-5,8-12,18H2,1H3;1H. The van der Waals surface area contributed by atoms with Gasteiger partial charge in [-0.15, -0.1) is 23.7 Å². The van der Waals surface area contributed by atoms with Gasteiger partial charge in [0.25, 0.3) is 10.0 Å². The summed E-state index contributed by atoms with van der Waals surface area (Å²) >= 11 is 1.22. The summed E-state index contributed by atoms with van der Waals surface area (Å²) in [6.07, 6.45) is 4.17. The molecule has 1 aromatic heterocycles. The minimum absolute atomic E-state index is 0. The molecule has 9 heteroatoms. The molecule has 0 aliphatic carbocycles. The van der Waals surface area contributed by atoms with E-state index in [0.717, 1.165) is 37.1 Å². The SMILES string of the molecule is CC(N)C1CCCN(C(=O)Cc2ccc(S(=O)(=O)N3CCCC3)s2)C1.Cl. The van der Waals surface area contributed by atoms with E-state index in [0.29, 0.717) is 29.8 Å². The molecule has 2 N–H and O–H groups in total. The van der Waals surface area contributed by atoms with Crippen molar-refractivity contribution in [3.05, 3.63) is 17.0 Å². The molecule has 0 aromatic carbocycles. The molecule has 0 radical (unpaired) electrons. The average molecular weight is 422 g/mol. The molecule has 0 spiro atoms. The van der Waals surface area contributed by atoms with Crippen molar-refractivity contribution in [3.8, 4) is 0 Å². The summed E-state index contributed by atoms with van der Waals surface area (Å²) in [5.74, 6) is 0.421. The Morgan fingerprint density at radius 1 is 1.27 bits per heavy atom. The number of piperidine rings is 1. The van der Waals surface area contributed by atoms with Gasteiger partial charge < -0.3 is 10.6 Å². The molecular formula is C17H28ClN3O3S2. The van der Waals surface area contributed by atoms with E-state index >= 15 is 0 Å². The molecule has 6 nitrogen and oxygen atoms in total. The van der Waals surface area contributed by atoms with Crippen LogP contribution in [0.4, 0.5) is 0 Å². The number of hydrogen-bond donors (Lipinski definition) is 1. The third kappa shape index (κ3) is 4.78. The van der Waals surface area contributed by atoms with Gasteiger partial charge in [-0.25, -0.2) is 8.42 Å². The molecule has 26 heavy (non-hydrogen) atoms. The molecule has 3 rings (SSSR count). The molecule has 2 unspecified atom stereocenters. The summed E-state index contributed by atoms with van der Waals surface area (Å²) < 4.78 is 27.1. The number of halogens is 1. The molecule has 3 heterocycles. The predicted octanol–water partition coefficient (Wildman–Crippen LogP) is 2.08. The van der Waals surface area contributed by atoms with Crippen LogP contribution >= 0.6 is 23.7 Å². The first-order valence-corrected chi connectivity index (χ1v) is 11.3. The van der Waals surface area contributed by atoms with Gasteiger partial charge in [0.2, 0.25) is 5.91 Å².